The fraction of sp³-hybridized carbons (Fsp3) is 0.560. The third kappa shape index (κ3) is 3.98. The van der Waals surface area contributed by atoms with Crippen molar-refractivity contribution in [2.24, 2.45) is 5.92 Å². The van der Waals surface area contributed by atoms with Crippen LogP contribution in [0.15, 0.2) is 41.3 Å². The summed E-state index contributed by atoms with van der Waals surface area (Å²) in [5, 5.41) is 0.773. The van der Waals surface area contributed by atoms with E-state index in [4.69, 9.17) is 11.6 Å². The Bertz CT molecular complexity index is 1160. The SMILES string of the molecule is CC1CCN(S(=O)(=O)c2ccc(C(=O)N3CCC4(CC3)c3ccc(Cl)n3CCN4C)cc2)CC1. The van der Waals surface area contributed by atoms with E-state index in [2.05, 4.69) is 29.5 Å². The van der Waals surface area contributed by atoms with Gasteiger partial charge in [-0.05, 0) is 75.0 Å². The second kappa shape index (κ2) is 8.97. The molecule has 4 heterocycles. The molecule has 0 aliphatic carbocycles. The number of fused-ring (bicyclic) bond motifs is 2. The monoisotopic (exact) mass is 504 g/mol. The van der Waals surface area contributed by atoms with Crippen LogP contribution in [0.2, 0.25) is 5.15 Å². The van der Waals surface area contributed by atoms with Crippen molar-refractivity contribution in [1.29, 1.82) is 0 Å². The van der Waals surface area contributed by atoms with Crippen molar-refractivity contribution >= 4 is 27.5 Å². The molecule has 1 amide bonds. The normalized spacial score (nSPS) is 22.1. The summed E-state index contributed by atoms with van der Waals surface area (Å²) >= 11 is 6.40. The Kier molecular flexibility index (Phi) is 6.29. The van der Waals surface area contributed by atoms with E-state index in [0.29, 0.717) is 37.7 Å². The van der Waals surface area contributed by atoms with Gasteiger partial charge in [0, 0.05) is 50.5 Å². The first kappa shape index (κ1) is 23.9. The molecule has 2 fully saturated rings. The molecule has 34 heavy (non-hydrogen) atoms. The minimum Gasteiger partial charge on any atom is -0.338 e. The number of rotatable bonds is 3. The van der Waals surface area contributed by atoms with Crippen LogP contribution in [-0.2, 0) is 22.1 Å². The molecule has 0 bridgehead atoms. The van der Waals surface area contributed by atoms with Gasteiger partial charge in [-0.15, -0.1) is 0 Å². The number of likely N-dealkylation sites (N-methyl/N-ethyl adjacent to an activating group) is 1. The van der Waals surface area contributed by atoms with E-state index in [1.165, 1.54) is 5.69 Å². The quantitative estimate of drug-likeness (QED) is 0.640. The number of carbonyl (C=O) groups is 1. The predicted octanol–water partition coefficient (Wildman–Crippen LogP) is 3.64. The lowest BCUT2D eigenvalue weighted by Gasteiger charge is -2.50. The molecular formula is C25H33ClN4O3S. The van der Waals surface area contributed by atoms with Crippen molar-refractivity contribution in [1.82, 2.24) is 18.7 Å². The number of nitrogens with zero attached hydrogens (tertiary/aromatic N) is 4. The number of hydrogen-bond donors (Lipinski definition) is 0. The highest BCUT2D eigenvalue weighted by atomic mass is 35.5. The van der Waals surface area contributed by atoms with Crippen molar-refractivity contribution in [3.05, 3.63) is 52.8 Å². The van der Waals surface area contributed by atoms with Crippen LogP contribution in [-0.4, -0.2) is 72.8 Å². The van der Waals surface area contributed by atoms with Gasteiger partial charge in [0.2, 0.25) is 10.0 Å². The van der Waals surface area contributed by atoms with Crippen LogP contribution < -0.4 is 0 Å². The van der Waals surface area contributed by atoms with Crippen LogP contribution in [0, 0.1) is 5.92 Å². The summed E-state index contributed by atoms with van der Waals surface area (Å²) in [6.45, 7) is 6.39. The maximum Gasteiger partial charge on any atom is 0.253 e. The number of piperidine rings is 2. The van der Waals surface area contributed by atoms with E-state index in [1.807, 2.05) is 11.0 Å². The molecule has 0 unspecified atom stereocenters. The Hall–Kier alpha value is -1.87. The summed E-state index contributed by atoms with van der Waals surface area (Å²) < 4.78 is 29.8. The van der Waals surface area contributed by atoms with Crippen LogP contribution >= 0.6 is 11.6 Å². The third-order valence-corrected chi connectivity index (χ3v) is 10.4. The Morgan fingerprint density at radius 2 is 1.59 bits per heavy atom. The fourth-order valence-electron chi connectivity index (χ4n) is 5.78. The van der Waals surface area contributed by atoms with Crippen LogP contribution in [0.25, 0.3) is 0 Å². The number of likely N-dealkylation sites (tertiary alicyclic amines) is 1. The number of carbonyl (C=O) groups excluding carboxylic acids is 1. The topological polar surface area (TPSA) is 65.9 Å². The second-order valence-corrected chi connectivity index (χ2v) is 12.4. The van der Waals surface area contributed by atoms with Gasteiger partial charge in [-0.3, -0.25) is 9.69 Å². The van der Waals surface area contributed by atoms with E-state index in [9.17, 15) is 13.2 Å². The molecule has 7 nitrogen and oxygen atoms in total. The van der Waals surface area contributed by atoms with Crippen LogP contribution in [0.1, 0.15) is 48.7 Å². The Morgan fingerprint density at radius 3 is 2.24 bits per heavy atom. The predicted molar refractivity (Wildman–Crippen MR) is 132 cm³/mol. The van der Waals surface area contributed by atoms with Gasteiger partial charge < -0.3 is 9.47 Å². The third-order valence-electron chi connectivity index (χ3n) is 8.15. The molecule has 1 spiro atoms. The van der Waals surface area contributed by atoms with Crippen molar-refractivity contribution in [2.75, 3.05) is 39.8 Å². The first-order valence-electron chi connectivity index (χ1n) is 12.2. The molecular weight excluding hydrogens is 472 g/mol. The highest BCUT2D eigenvalue weighted by molar-refractivity contribution is 7.89. The smallest absolute Gasteiger partial charge is 0.253 e. The van der Waals surface area contributed by atoms with E-state index >= 15 is 0 Å². The van der Waals surface area contributed by atoms with Gasteiger partial charge in [-0.2, -0.15) is 4.31 Å². The number of hydrogen-bond acceptors (Lipinski definition) is 4. The zero-order chi connectivity index (χ0) is 24.1. The lowest BCUT2D eigenvalue weighted by Crippen LogP contribution is -2.56. The summed E-state index contributed by atoms with van der Waals surface area (Å²) in [5.41, 5.74) is 1.66. The summed E-state index contributed by atoms with van der Waals surface area (Å²) in [6, 6.07) is 10.6. The van der Waals surface area contributed by atoms with E-state index in [1.54, 1.807) is 28.6 Å². The average Bonchev–Trinajstić information content (AvgIpc) is 3.23. The lowest BCUT2D eigenvalue weighted by molar-refractivity contribution is 0.0131. The van der Waals surface area contributed by atoms with Crippen molar-refractivity contribution in [3.63, 3.8) is 0 Å². The van der Waals surface area contributed by atoms with Crippen LogP contribution in [0.5, 0.6) is 0 Å². The number of benzene rings is 1. The summed E-state index contributed by atoms with van der Waals surface area (Å²) in [7, 11) is -1.36. The lowest BCUT2D eigenvalue weighted by atomic mass is 9.81. The standard InChI is InChI=1S/C25H33ClN4O3S/c1-19-9-13-29(14-10-19)34(32,33)21-5-3-20(4-6-21)24(31)28-15-11-25(12-16-28)22-7-8-23(26)30(22)18-17-27(25)2/h3-8,19H,9-18H2,1-2H3. The number of aromatic nitrogens is 1. The number of halogens is 1. The Morgan fingerprint density at radius 1 is 0.941 bits per heavy atom. The summed E-state index contributed by atoms with van der Waals surface area (Å²) in [5.74, 6) is 0.516. The highest BCUT2D eigenvalue weighted by Gasteiger charge is 2.44. The zero-order valence-corrected chi connectivity index (χ0v) is 21.5. The molecule has 1 aromatic heterocycles. The van der Waals surface area contributed by atoms with Gasteiger partial charge in [0.1, 0.15) is 5.15 Å². The first-order chi connectivity index (χ1) is 16.2. The van der Waals surface area contributed by atoms with E-state index < -0.39 is 10.0 Å². The minimum absolute atomic E-state index is 0.0440. The van der Waals surface area contributed by atoms with Gasteiger partial charge in [0.15, 0.2) is 0 Å². The van der Waals surface area contributed by atoms with Gasteiger partial charge in [-0.25, -0.2) is 8.42 Å². The van der Waals surface area contributed by atoms with Gasteiger partial charge in [0.25, 0.3) is 5.91 Å². The molecule has 0 atom stereocenters. The second-order valence-electron chi connectivity index (χ2n) is 10.0. The molecule has 2 saturated heterocycles. The summed E-state index contributed by atoms with van der Waals surface area (Å²) in [6.07, 6.45) is 3.46. The Balaban J connectivity index is 1.28. The van der Waals surface area contributed by atoms with Crippen LogP contribution in [0.3, 0.4) is 0 Å². The molecule has 0 saturated carbocycles. The van der Waals surface area contributed by atoms with Crippen molar-refractivity contribution < 1.29 is 13.2 Å². The largest absolute Gasteiger partial charge is 0.338 e. The van der Waals surface area contributed by atoms with Gasteiger partial charge >= 0.3 is 0 Å². The van der Waals surface area contributed by atoms with Crippen molar-refractivity contribution in [2.45, 2.75) is 49.6 Å². The first-order valence-corrected chi connectivity index (χ1v) is 14.0. The van der Waals surface area contributed by atoms with Gasteiger partial charge in [-0.1, -0.05) is 18.5 Å². The molecule has 0 N–H and O–H groups in total. The molecule has 3 aliphatic heterocycles. The maximum absolute atomic E-state index is 13.2. The highest BCUT2D eigenvalue weighted by Crippen LogP contribution is 2.42. The maximum atomic E-state index is 13.2. The molecule has 3 aliphatic rings. The number of amides is 1. The van der Waals surface area contributed by atoms with Crippen molar-refractivity contribution in [3.8, 4) is 0 Å². The molecule has 1 aromatic carbocycles. The fourth-order valence-corrected chi connectivity index (χ4v) is 7.49. The molecule has 9 heteroatoms. The van der Waals surface area contributed by atoms with Gasteiger partial charge in [0.05, 0.1) is 10.4 Å². The average molecular weight is 505 g/mol. The molecule has 5 rings (SSSR count). The zero-order valence-electron chi connectivity index (χ0n) is 19.9. The summed E-state index contributed by atoms with van der Waals surface area (Å²) in [4.78, 5) is 17.8. The minimum atomic E-state index is -3.51. The molecule has 2 aromatic rings. The molecule has 0 radical (unpaired) electrons. The molecule has 184 valence electrons. The number of sulfonamides is 1. The van der Waals surface area contributed by atoms with E-state index in [-0.39, 0.29) is 16.3 Å². The Labute approximate surface area is 207 Å². The van der Waals surface area contributed by atoms with Crippen LogP contribution in [0.4, 0.5) is 0 Å². The van der Waals surface area contributed by atoms with E-state index in [0.717, 1.165) is 43.9 Å².